The molecule has 1 rings (SSSR count). The summed E-state index contributed by atoms with van der Waals surface area (Å²) in [6.45, 7) is 0. The van der Waals surface area contributed by atoms with Crippen LogP contribution in [0.5, 0.6) is 0 Å². The van der Waals surface area contributed by atoms with Crippen LogP contribution in [0.1, 0.15) is 0 Å². The van der Waals surface area contributed by atoms with E-state index in [1.807, 2.05) is 0 Å². The standard InChI is InChI=1S/C10H9N3O5/c1-12(5-11)10(18)13-4-2-3-6(8(14)15)7(13)9(16)17/h2-4,7H,1H3,(H,14,15)(H,16,17). The van der Waals surface area contributed by atoms with Gasteiger partial charge in [-0.05, 0) is 12.2 Å². The second-order valence-corrected chi connectivity index (χ2v) is 3.36. The molecule has 0 aromatic rings. The molecule has 0 saturated carbocycles. The van der Waals surface area contributed by atoms with Gasteiger partial charge < -0.3 is 10.2 Å². The Morgan fingerprint density at radius 1 is 1.44 bits per heavy atom. The molecule has 2 amide bonds. The number of allylic oxidation sites excluding steroid dienone is 2. The Morgan fingerprint density at radius 2 is 2.06 bits per heavy atom. The third-order valence-electron chi connectivity index (χ3n) is 2.23. The summed E-state index contributed by atoms with van der Waals surface area (Å²) in [5.74, 6) is -2.93. The number of hydrogen-bond acceptors (Lipinski definition) is 4. The zero-order chi connectivity index (χ0) is 13.9. The summed E-state index contributed by atoms with van der Waals surface area (Å²) in [5, 5.41) is 26.4. The Kier molecular flexibility index (Phi) is 3.68. The van der Waals surface area contributed by atoms with E-state index in [9.17, 15) is 14.4 Å². The van der Waals surface area contributed by atoms with Crippen LogP contribution in [0.2, 0.25) is 0 Å². The molecular formula is C10H9N3O5. The van der Waals surface area contributed by atoms with Crippen LogP contribution in [0.25, 0.3) is 0 Å². The maximum atomic E-state index is 11.7. The van der Waals surface area contributed by atoms with Gasteiger partial charge in [-0.25, -0.2) is 19.3 Å². The molecule has 2 N–H and O–H groups in total. The molecule has 0 aliphatic carbocycles. The summed E-state index contributed by atoms with van der Waals surface area (Å²) in [7, 11) is 1.15. The number of carbonyl (C=O) groups is 3. The smallest absolute Gasteiger partial charge is 0.338 e. The molecule has 1 aliphatic rings. The second-order valence-electron chi connectivity index (χ2n) is 3.36. The zero-order valence-corrected chi connectivity index (χ0v) is 9.27. The van der Waals surface area contributed by atoms with Gasteiger partial charge in [0.15, 0.2) is 12.2 Å². The third kappa shape index (κ3) is 2.30. The molecule has 1 atom stereocenters. The van der Waals surface area contributed by atoms with Crippen molar-refractivity contribution in [2.45, 2.75) is 6.04 Å². The topological polar surface area (TPSA) is 122 Å². The number of carbonyl (C=O) groups excluding carboxylic acids is 1. The summed E-state index contributed by atoms with van der Waals surface area (Å²) in [6, 6.07) is -2.58. The molecule has 1 heterocycles. The van der Waals surface area contributed by atoms with Crippen molar-refractivity contribution in [3.8, 4) is 6.19 Å². The lowest BCUT2D eigenvalue weighted by molar-refractivity contribution is -0.143. The van der Waals surface area contributed by atoms with E-state index in [1.54, 1.807) is 0 Å². The van der Waals surface area contributed by atoms with Gasteiger partial charge in [-0.15, -0.1) is 0 Å². The van der Waals surface area contributed by atoms with Crippen molar-refractivity contribution >= 4 is 18.0 Å². The molecule has 0 aromatic heterocycles. The first-order valence-corrected chi connectivity index (χ1v) is 4.70. The summed E-state index contributed by atoms with van der Waals surface area (Å²) >= 11 is 0. The first-order valence-electron chi connectivity index (χ1n) is 4.70. The summed E-state index contributed by atoms with van der Waals surface area (Å²) in [4.78, 5) is 34.9. The molecule has 0 radical (unpaired) electrons. The number of urea groups is 1. The molecule has 0 fully saturated rings. The zero-order valence-electron chi connectivity index (χ0n) is 9.27. The SMILES string of the molecule is CN(C#N)C(=O)N1C=CC=C(C(=O)O)C1C(=O)O. The average molecular weight is 251 g/mol. The highest BCUT2D eigenvalue weighted by atomic mass is 16.4. The number of nitriles is 1. The Bertz CT molecular complexity index is 502. The van der Waals surface area contributed by atoms with Crippen molar-refractivity contribution < 1.29 is 24.6 Å². The van der Waals surface area contributed by atoms with Crippen molar-refractivity contribution in [2.75, 3.05) is 7.05 Å². The normalized spacial score (nSPS) is 17.7. The fraction of sp³-hybridized carbons (Fsp3) is 0.200. The molecular weight excluding hydrogens is 242 g/mol. The number of amides is 2. The van der Waals surface area contributed by atoms with Gasteiger partial charge in [0, 0.05) is 13.2 Å². The van der Waals surface area contributed by atoms with Gasteiger partial charge in [0.2, 0.25) is 0 Å². The maximum absolute atomic E-state index is 11.7. The van der Waals surface area contributed by atoms with E-state index in [4.69, 9.17) is 15.5 Å². The average Bonchev–Trinajstić information content (AvgIpc) is 2.35. The molecule has 0 aromatic carbocycles. The second kappa shape index (κ2) is 5.01. The minimum absolute atomic E-state index is 0.454. The van der Waals surface area contributed by atoms with E-state index in [-0.39, 0.29) is 0 Å². The maximum Gasteiger partial charge on any atom is 0.338 e. The minimum atomic E-state index is -1.66. The van der Waals surface area contributed by atoms with Crippen molar-refractivity contribution in [3.63, 3.8) is 0 Å². The van der Waals surface area contributed by atoms with E-state index < -0.39 is 29.6 Å². The van der Waals surface area contributed by atoms with Crippen molar-refractivity contribution in [2.24, 2.45) is 0 Å². The number of nitrogens with zero attached hydrogens (tertiary/aromatic N) is 3. The van der Waals surface area contributed by atoms with Crippen LogP contribution in [-0.4, -0.2) is 51.1 Å². The molecule has 0 bridgehead atoms. The molecule has 94 valence electrons. The van der Waals surface area contributed by atoms with Crippen LogP contribution in [0.15, 0.2) is 23.9 Å². The highest BCUT2D eigenvalue weighted by Crippen LogP contribution is 2.18. The van der Waals surface area contributed by atoms with Crippen LogP contribution in [0.4, 0.5) is 4.79 Å². The molecule has 18 heavy (non-hydrogen) atoms. The number of hydrogen-bond donors (Lipinski definition) is 2. The number of carboxylic acids is 2. The van der Waals surface area contributed by atoms with Gasteiger partial charge >= 0.3 is 18.0 Å². The van der Waals surface area contributed by atoms with Gasteiger partial charge in [0.25, 0.3) is 0 Å². The van der Waals surface area contributed by atoms with Gasteiger partial charge in [-0.2, -0.15) is 5.26 Å². The molecule has 8 nitrogen and oxygen atoms in total. The van der Waals surface area contributed by atoms with Gasteiger partial charge in [-0.1, -0.05) is 0 Å². The lowest BCUT2D eigenvalue weighted by Crippen LogP contribution is -2.49. The van der Waals surface area contributed by atoms with E-state index in [0.29, 0.717) is 9.80 Å². The van der Waals surface area contributed by atoms with Crippen LogP contribution < -0.4 is 0 Å². The Balaban J connectivity index is 3.15. The van der Waals surface area contributed by atoms with Gasteiger partial charge in [-0.3, -0.25) is 4.90 Å². The number of carboxylic acid groups (broad SMARTS) is 2. The largest absolute Gasteiger partial charge is 0.479 e. The predicted octanol–water partition coefficient (Wildman–Crippen LogP) is -0.187. The molecule has 1 aliphatic heterocycles. The number of aliphatic carboxylic acids is 2. The fourth-order valence-electron chi connectivity index (χ4n) is 1.40. The first kappa shape index (κ1) is 13.2. The molecule has 0 saturated heterocycles. The van der Waals surface area contributed by atoms with E-state index in [1.165, 1.54) is 12.3 Å². The number of rotatable bonds is 2. The summed E-state index contributed by atoms with van der Waals surface area (Å²) < 4.78 is 0. The van der Waals surface area contributed by atoms with Gasteiger partial charge in [0.05, 0.1) is 5.57 Å². The van der Waals surface area contributed by atoms with Crippen LogP contribution >= 0.6 is 0 Å². The van der Waals surface area contributed by atoms with Crippen LogP contribution in [-0.2, 0) is 9.59 Å². The Hall–Kier alpha value is -2.82. The fourth-order valence-corrected chi connectivity index (χ4v) is 1.40. The highest BCUT2D eigenvalue weighted by molar-refractivity contribution is 5.99. The van der Waals surface area contributed by atoms with Crippen LogP contribution in [0, 0.1) is 11.5 Å². The quantitative estimate of drug-likeness (QED) is 0.518. The van der Waals surface area contributed by atoms with E-state index in [0.717, 1.165) is 19.3 Å². The van der Waals surface area contributed by atoms with Crippen molar-refractivity contribution in [1.29, 1.82) is 5.26 Å². The van der Waals surface area contributed by atoms with Crippen molar-refractivity contribution in [3.05, 3.63) is 23.9 Å². The highest BCUT2D eigenvalue weighted by Gasteiger charge is 2.37. The Morgan fingerprint density at radius 3 is 2.50 bits per heavy atom. The third-order valence-corrected chi connectivity index (χ3v) is 2.23. The van der Waals surface area contributed by atoms with Gasteiger partial charge in [0.1, 0.15) is 0 Å². The Labute approximate surface area is 102 Å². The minimum Gasteiger partial charge on any atom is -0.479 e. The first-order chi connectivity index (χ1) is 8.40. The summed E-state index contributed by atoms with van der Waals surface area (Å²) in [5.41, 5.74) is -0.454. The molecule has 0 spiro atoms. The van der Waals surface area contributed by atoms with Crippen molar-refractivity contribution in [1.82, 2.24) is 9.80 Å². The summed E-state index contributed by atoms with van der Waals surface area (Å²) in [6.07, 6.45) is 4.95. The lowest BCUT2D eigenvalue weighted by atomic mass is 10.0. The molecule has 8 heteroatoms. The lowest BCUT2D eigenvalue weighted by Gasteiger charge is -2.29. The molecule has 1 unspecified atom stereocenters. The monoisotopic (exact) mass is 251 g/mol. The van der Waals surface area contributed by atoms with E-state index in [2.05, 4.69) is 0 Å². The predicted molar refractivity (Wildman–Crippen MR) is 56.9 cm³/mol. The van der Waals surface area contributed by atoms with Crippen LogP contribution in [0.3, 0.4) is 0 Å². The van der Waals surface area contributed by atoms with E-state index >= 15 is 0 Å².